The average Bonchev–Trinajstić information content (AvgIpc) is 2.47. The van der Waals surface area contributed by atoms with Crippen molar-refractivity contribution in [1.82, 2.24) is 10.2 Å². The fraction of sp³-hybridized carbons (Fsp3) is 1.00. The zero-order valence-corrected chi connectivity index (χ0v) is 9.92. The molecule has 0 saturated carbocycles. The number of ether oxygens (including phenoxy) is 1. The molecular formula is C11H24N2O. The summed E-state index contributed by atoms with van der Waals surface area (Å²) in [6.07, 6.45) is 0. The number of rotatable bonds is 5. The van der Waals surface area contributed by atoms with Crippen molar-refractivity contribution < 1.29 is 4.74 Å². The summed E-state index contributed by atoms with van der Waals surface area (Å²) < 4.78 is 5.26. The van der Waals surface area contributed by atoms with E-state index in [9.17, 15) is 0 Å². The Bertz CT molecular complexity index is 147. The highest BCUT2D eigenvalue weighted by atomic mass is 16.5. The zero-order valence-electron chi connectivity index (χ0n) is 9.92. The second-order valence-corrected chi connectivity index (χ2v) is 4.58. The van der Waals surface area contributed by atoms with Gasteiger partial charge in [0.1, 0.15) is 0 Å². The number of nitrogens with zero attached hydrogens (tertiary/aromatic N) is 1. The predicted octanol–water partition coefficient (Wildman–Crippen LogP) is 0.809. The molecule has 0 aromatic heterocycles. The summed E-state index contributed by atoms with van der Waals surface area (Å²) in [6.45, 7) is 8.98. The number of nitrogens with one attached hydrogen (secondary N) is 1. The van der Waals surface area contributed by atoms with Crippen molar-refractivity contribution in [1.29, 1.82) is 0 Å². The summed E-state index contributed by atoms with van der Waals surface area (Å²) in [6, 6.07) is 0.539. The highest BCUT2D eigenvalue weighted by Gasteiger charge is 2.30. The Hall–Kier alpha value is -0.120. The lowest BCUT2D eigenvalue weighted by Crippen LogP contribution is -2.43. The van der Waals surface area contributed by atoms with Crippen molar-refractivity contribution in [3.63, 3.8) is 0 Å². The fourth-order valence-corrected chi connectivity index (χ4v) is 2.19. The van der Waals surface area contributed by atoms with Crippen LogP contribution in [0, 0.1) is 11.8 Å². The van der Waals surface area contributed by atoms with Crippen LogP contribution in [0.4, 0.5) is 0 Å². The number of hydrogen-bond donors (Lipinski definition) is 1. The molecule has 1 aliphatic heterocycles. The number of likely N-dealkylation sites (tertiary alicyclic amines) is 1. The molecule has 3 nitrogen and oxygen atoms in total. The minimum absolute atomic E-state index is 0.539. The predicted molar refractivity (Wildman–Crippen MR) is 59.5 cm³/mol. The smallest absolute Gasteiger partial charge is 0.0630 e. The van der Waals surface area contributed by atoms with Crippen LogP contribution in [-0.2, 0) is 4.74 Å². The molecule has 84 valence electrons. The Kier molecular flexibility index (Phi) is 4.85. The first kappa shape index (κ1) is 12.0. The monoisotopic (exact) mass is 200 g/mol. The lowest BCUT2D eigenvalue weighted by molar-refractivity contribution is 0.102. The molecule has 0 amide bonds. The molecule has 1 aliphatic rings. The van der Waals surface area contributed by atoms with E-state index in [1.807, 2.05) is 7.05 Å². The summed E-state index contributed by atoms with van der Waals surface area (Å²) in [4.78, 5) is 2.55. The van der Waals surface area contributed by atoms with Gasteiger partial charge in [-0.1, -0.05) is 13.8 Å². The average molecular weight is 200 g/mol. The molecule has 1 heterocycles. The van der Waals surface area contributed by atoms with Gasteiger partial charge in [0, 0.05) is 32.8 Å². The van der Waals surface area contributed by atoms with Crippen molar-refractivity contribution in [2.24, 2.45) is 11.8 Å². The molecular weight excluding hydrogens is 176 g/mol. The molecule has 0 aromatic rings. The standard InChI is InChI=1S/C11H24N2O/c1-9-6-13(7-10(9)2)11(5-12-3)8-14-4/h9-12H,5-8H2,1-4H3. The van der Waals surface area contributed by atoms with Gasteiger partial charge in [0.2, 0.25) is 0 Å². The molecule has 3 unspecified atom stereocenters. The highest BCUT2D eigenvalue weighted by Crippen LogP contribution is 2.23. The van der Waals surface area contributed by atoms with E-state index in [-0.39, 0.29) is 0 Å². The van der Waals surface area contributed by atoms with Crippen LogP contribution >= 0.6 is 0 Å². The summed E-state index contributed by atoms with van der Waals surface area (Å²) in [7, 11) is 3.79. The van der Waals surface area contributed by atoms with Crippen LogP contribution in [-0.4, -0.2) is 51.3 Å². The van der Waals surface area contributed by atoms with Crippen molar-refractivity contribution in [3.05, 3.63) is 0 Å². The van der Waals surface area contributed by atoms with Crippen LogP contribution < -0.4 is 5.32 Å². The van der Waals surface area contributed by atoms with Gasteiger partial charge in [-0.15, -0.1) is 0 Å². The second kappa shape index (κ2) is 5.69. The number of methoxy groups -OCH3 is 1. The Labute approximate surface area is 87.8 Å². The summed E-state index contributed by atoms with van der Waals surface area (Å²) in [5.74, 6) is 1.65. The zero-order chi connectivity index (χ0) is 10.6. The van der Waals surface area contributed by atoms with E-state index in [4.69, 9.17) is 4.74 Å². The molecule has 1 rings (SSSR count). The van der Waals surface area contributed by atoms with Gasteiger partial charge in [-0.05, 0) is 18.9 Å². The van der Waals surface area contributed by atoms with Crippen molar-refractivity contribution in [2.75, 3.05) is 40.4 Å². The normalized spacial score (nSPS) is 30.9. The Balaban J connectivity index is 2.43. The molecule has 1 saturated heterocycles. The van der Waals surface area contributed by atoms with Gasteiger partial charge in [0.05, 0.1) is 6.61 Å². The molecule has 0 radical (unpaired) electrons. The van der Waals surface area contributed by atoms with E-state index in [0.717, 1.165) is 25.0 Å². The molecule has 0 spiro atoms. The molecule has 14 heavy (non-hydrogen) atoms. The maximum atomic E-state index is 5.26. The quantitative estimate of drug-likeness (QED) is 0.711. The highest BCUT2D eigenvalue weighted by molar-refractivity contribution is 4.84. The van der Waals surface area contributed by atoms with Crippen LogP contribution in [0.1, 0.15) is 13.8 Å². The van der Waals surface area contributed by atoms with Gasteiger partial charge < -0.3 is 10.1 Å². The van der Waals surface area contributed by atoms with Crippen molar-refractivity contribution >= 4 is 0 Å². The van der Waals surface area contributed by atoms with Gasteiger partial charge >= 0.3 is 0 Å². The van der Waals surface area contributed by atoms with Gasteiger partial charge in [-0.2, -0.15) is 0 Å². The Morgan fingerprint density at radius 1 is 1.36 bits per heavy atom. The van der Waals surface area contributed by atoms with E-state index in [1.54, 1.807) is 7.11 Å². The third-order valence-electron chi connectivity index (χ3n) is 3.33. The maximum Gasteiger partial charge on any atom is 0.0630 e. The second-order valence-electron chi connectivity index (χ2n) is 4.58. The summed E-state index contributed by atoms with van der Waals surface area (Å²) in [5.41, 5.74) is 0. The molecule has 3 atom stereocenters. The van der Waals surface area contributed by atoms with Gasteiger partial charge in [-0.3, -0.25) is 4.90 Å². The molecule has 1 N–H and O–H groups in total. The minimum atomic E-state index is 0.539. The van der Waals surface area contributed by atoms with Crippen LogP contribution in [0.5, 0.6) is 0 Å². The molecule has 1 fully saturated rings. The molecule has 0 aromatic carbocycles. The number of likely N-dealkylation sites (N-methyl/N-ethyl adjacent to an activating group) is 1. The molecule has 0 aliphatic carbocycles. The third kappa shape index (κ3) is 2.94. The number of hydrogen-bond acceptors (Lipinski definition) is 3. The lowest BCUT2D eigenvalue weighted by Gasteiger charge is -2.27. The van der Waals surface area contributed by atoms with E-state index in [0.29, 0.717) is 6.04 Å². The Morgan fingerprint density at radius 2 is 1.93 bits per heavy atom. The third-order valence-corrected chi connectivity index (χ3v) is 3.33. The SMILES string of the molecule is CNCC(COC)N1CC(C)C(C)C1. The minimum Gasteiger partial charge on any atom is -0.383 e. The first-order chi connectivity index (χ1) is 6.69. The fourth-order valence-electron chi connectivity index (χ4n) is 2.19. The molecule has 3 heteroatoms. The van der Waals surface area contributed by atoms with Crippen molar-refractivity contribution in [2.45, 2.75) is 19.9 Å². The van der Waals surface area contributed by atoms with Crippen LogP contribution in [0.2, 0.25) is 0 Å². The molecule has 0 bridgehead atoms. The van der Waals surface area contributed by atoms with Gasteiger partial charge in [-0.25, -0.2) is 0 Å². The van der Waals surface area contributed by atoms with Crippen LogP contribution in [0.15, 0.2) is 0 Å². The first-order valence-corrected chi connectivity index (χ1v) is 5.56. The topological polar surface area (TPSA) is 24.5 Å². The first-order valence-electron chi connectivity index (χ1n) is 5.56. The van der Waals surface area contributed by atoms with E-state index in [2.05, 4.69) is 24.1 Å². The Morgan fingerprint density at radius 3 is 2.36 bits per heavy atom. The van der Waals surface area contributed by atoms with Gasteiger partial charge in [0.25, 0.3) is 0 Å². The van der Waals surface area contributed by atoms with Crippen molar-refractivity contribution in [3.8, 4) is 0 Å². The largest absolute Gasteiger partial charge is 0.383 e. The van der Waals surface area contributed by atoms with E-state index in [1.165, 1.54) is 13.1 Å². The summed E-state index contributed by atoms with van der Waals surface area (Å²) in [5, 5.41) is 3.24. The maximum absolute atomic E-state index is 5.26. The summed E-state index contributed by atoms with van der Waals surface area (Å²) >= 11 is 0. The van der Waals surface area contributed by atoms with E-state index >= 15 is 0 Å². The van der Waals surface area contributed by atoms with Crippen LogP contribution in [0.25, 0.3) is 0 Å². The lowest BCUT2D eigenvalue weighted by atomic mass is 10.0. The van der Waals surface area contributed by atoms with Gasteiger partial charge in [0.15, 0.2) is 0 Å². The van der Waals surface area contributed by atoms with Crippen LogP contribution in [0.3, 0.4) is 0 Å². The van der Waals surface area contributed by atoms with E-state index < -0.39 is 0 Å².